The summed E-state index contributed by atoms with van der Waals surface area (Å²) in [6, 6.07) is 5.29. The second-order valence-corrected chi connectivity index (χ2v) is 8.58. The van der Waals surface area contributed by atoms with Crippen molar-refractivity contribution in [1.82, 2.24) is 19.8 Å². The van der Waals surface area contributed by atoms with E-state index in [-0.39, 0.29) is 5.75 Å². The summed E-state index contributed by atoms with van der Waals surface area (Å²) < 4.78 is 24.7. The molecule has 0 bridgehead atoms. The standard InChI is InChI=1S/C15H14Cl2N4O2S/c1-8-14(10-4-5-11(16)12(17)6-10)15-19-18-13(7-24(3,22)23)9(2)21(15)20-8/h4-6H,7H2,1-3H3. The lowest BCUT2D eigenvalue weighted by Crippen LogP contribution is -2.10. The molecule has 3 aromatic rings. The molecule has 0 atom stereocenters. The molecule has 1 aromatic carbocycles. The summed E-state index contributed by atoms with van der Waals surface area (Å²) >= 11 is 12.1. The molecule has 126 valence electrons. The molecule has 0 N–H and O–H groups in total. The van der Waals surface area contributed by atoms with E-state index in [9.17, 15) is 8.42 Å². The van der Waals surface area contributed by atoms with Gasteiger partial charge < -0.3 is 0 Å². The summed E-state index contributed by atoms with van der Waals surface area (Å²) in [6.45, 7) is 3.62. The summed E-state index contributed by atoms with van der Waals surface area (Å²) in [5.74, 6) is -0.178. The highest BCUT2D eigenvalue weighted by molar-refractivity contribution is 7.89. The number of sulfone groups is 1. The zero-order valence-corrected chi connectivity index (χ0v) is 15.5. The lowest BCUT2D eigenvalue weighted by Gasteiger charge is -2.06. The van der Waals surface area contributed by atoms with E-state index in [1.54, 1.807) is 23.6 Å². The lowest BCUT2D eigenvalue weighted by molar-refractivity contribution is 0.599. The van der Waals surface area contributed by atoms with Gasteiger partial charge in [0.25, 0.3) is 0 Å². The van der Waals surface area contributed by atoms with Crippen LogP contribution in [-0.4, -0.2) is 34.5 Å². The summed E-state index contributed by atoms with van der Waals surface area (Å²) in [5.41, 5.74) is 3.91. The van der Waals surface area contributed by atoms with Gasteiger partial charge in [-0.1, -0.05) is 29.3 Å². The van der Waals surface area contributed by atoms with Gasteiger partial charge in [-0.15, -0.1) is 5.10 Å². The van der Waals surface area contributed by atoms with Crippen LogP contribution in [0.5, 0.6) is 0 Å². The third-order valence-electron chi connectivity index (χ3n) is 3.64. The van der Waals surface area contributed by atoms with Crippen LogP contribution in [0.15, 0.2) is 18.2 Å². The van der Waals surface area contributed by atoms with Gasteiger partial charge >= 0.3 is 0 Å². The van der Waals surface area contributed by atoms with E-state index in [4.69, 9.17) is 23.2 Å². The molecule has 2 heterocycles. The monoisotopic (exact) mass is 384 g/mol. The largest absolute Gasteiger partial charge is 0.229 e. The van der Waals surface area contributed by atoms with Crippen molar-refractivity contribution in [2.24, 2.45) is 0 Å². The van der Waals surface area contributed by atoms with E-state index in [0.717, 1.165) is 23.1 Å². The number of aryl methyl sites for hydroxylation is 2. The Morgan fingerprint density at radius 2 is 1.83 bits per heavy atom. The van der Waals surface area contributed by atoms with Gasteiger partial charge in [0.2, 0.25) is 0 Å². The molecule has 3 rings (SSSR count). The second-order valence-electron chi connectivity index (χ2n) is 5.63. The van der Waals surface area contributed by atoms with E-state index in [1.807, 2.05) is 13.0 Å². The fourth-order valence-corrected chi connectivity index (χ4v) is 3.58. The van der Waals surface area contributed by atoms with Gasteiger partial charge in [-0.05, 0) is 31.5 Å². The third kappa shape index (κ3) is 3.11. The predicted molar refractivity (Wildman–Crippen MR) is 94.3 cm³/mol. The Balaban J connectivity index is 2.22. The van der Waals surface area contributed by atoms with Gasteiger partial charge in [-0.3, -0.25) is 0 Å². The normalized spacial score (nSPS) is 12.0. The minimum atomic E-state index is -3.21. The molecule has 0 aliphatic rings. The Morgan fingerprint density at radius 1 is 1.12 bits per heavy atom. The SMILES string of the molecule is Cc1nn2c(C)c(CS(C)(=O)=O)nnc2c1-c1ccc(Cl)c(Cl)c1. The highest BCUT2D eigenvalue weighted by Gasteiger charge is 2.19. The number of rotatable bonds is 3. The first-order valence-corrected chi connectivity index (χ1v) is 9.83. The molecule has 6 nitrogen and oxygen atoms in total. The first kappa shape index (κ1) is 17.1. The zero-order chi connectivity index (χ0) is 17.6. The average Bonchev–Trinajstić information content (AvgIpc) is 2.81. The summed E-state index contributed by atoms with van der Waals surface area (Å²) in [4.78, 5) is 0. The molecule has 9 heteroatoms. The van der Waals surface area contributed by atoms with Gasteiger partial charge in [-0.25, -0.2) is 12.9 Å². The Morgan fingerprint density at radius 3 is 2.46 bits per heavy atom. The Labute approximate surface area is 149 Å². The highest BCUT2D eigenvalue weighted by Crippen LogP contribution is 2.32. The van der Waals surface area contributed by atoms with Crippen molar-refractivity contribution in [3.8, 4) is 11.1 Å². The van der Waals surface area contributed by atoms with Crippen LogP contribution >= 0.6 is 23.2 Å². The average molecular weight is 385 g/mol. The van der Waals surface area contributed by atoms with Gasteiger partial charge in [-0.2, -0.15) is 10.2 Å². The van der Waals surface area contributed by atoms with Crippen molar-refractivity contribution in [2.75, 3.05) is 6.26 Å². The van der Waals surface area contributed by atoms with Gasteiger partial charge in [0.1, 0.15) is 0 Å². The van der Waals surface area contributed by atoms with Crippen molar-refractivity contribution >= 4 is 38.7 Å². The van der Waals surface area contributed by atoms with Crippen LogP contribution in [0.2, 0.25) is 10.0 Å². The van der Waals surface area contributed by atoms with E-state index in [0.29, 0.717) is 27.1 Å². The van der Waals surface area contributed by atoms with E-state index in [1.165, 1.54) is 0 Å². The number of benzene rings is 1. The molecule has 24 heavy (non-hydrogen) atoms. The fraction of sp³-hybridized carbons (Fsp3) is 0.267. The Hall–Kier alpha value is -1.70. The van der Waals surface area contributed by atoms with Crippen LogP contribution < -0.4 is 0 Å². The maximum absolute atomic E-state index is 11.5. The Bertz CT molecular complexity index is 1060. The van der Waals surface area contributed by atoms with Crippen molar-refractivity contribution in [1.29, 1.82) is 0 Å². The van der Waals surface area contributed by atoms with Crippen LogP contribution in [0.3, 0.4) is 0 Å². The topological polar surface area (TPSA) is 77.2 Å². The van der Waals surface area contributed by atoms with Gasteiger partial charge in [0, 0.05) is 6.26 Å². The lowest BCUT2D eigenvalue weighted by atomic mass is 10.1. The Kier molecular flexibility index (Phi) is 4.27. The molecule has 0 aliphatic heterocycles. The van der Waals surface area contributed by atoms with Crippen LogP contribution in [0, 0.1) is 13.8 Å². The highest BCUT2D eigenvalue weighted by atomic mass is 35.5. The third-order valence-corrected chi connectivity index (χ3v) is 5.18. The van der Waals surface area contributed by atoms with Crippen molar-refractivity contribution in [3.05, 3.63) is 45.3 Å². The predicted octanol–water partition coefficient (Wildman–Crippen LogP) is 3.26. The quantitative estimate of drug-likeness (QED) is 0.692. The van der Waals surface area contributed by atoms with Crippen molar-refractivity contribution < 1.29 is 8.42 Å². The number of aromatic nitrogens is 4. The van der Waals surface area contributed by atoms with E-state index < -0.39 is 9.84 Å². The maximum atomic E-state index is 11.5. The van der Waals surface area contributed by atoms with E-state index in [2.05, 4.69) is 15.3 Å². The summed E-state index contributed by atoms with van der Waals surface area (Å²) in [6.07, 6.45) is 1.16. The van der Waals surface area contributed by atoms with Crippen molar-refractivity contribution in [2.45, 2.75) is 19.6 Å². The minimum Gasteiger partial charge on any atom is -0.229 e. The number of fused-ring (bicyclic) bond motifs is 1. The number of nitrogens with zero attached hydrogens (tertiary/aromatic N) is 4. The van der Waals surface area contributed by atoms with Crippen molar-refractivity contribution in [3.63, 3.8) is 0 Å². The molecule has 0 fully saturated rings. The minimum absolute atomic E-state index is 0.178. The molecule has 0 saturated carbocycles. The molecule has 0 saturated heterocycles. The van der Waals surface area contributed by atoms with Crippen LogP contribution in [0.4, 0.5) is 0 Å². The molecular formula is C15H14Cl2N4O2S. The first-order chi connectivity index (χ1) is 11.2. The summed E-state index contributed by atoms with van der Waals surface area (Å²) in [5, 5.41) is 13.6. The molecule has 0 unspecified atom stereocenters. The number of hydrogen-bond acceptors (Lipinski definition) is 5. The maximum Gasteiger partial charge on any atom is 0.185 e. The first-order valence-electron chi connectivity index (χ1n) is 7.02. The molecule has 0 spiro atoms. The molecule has 0 amide bonds. The molecule has 0 radical (unpaired) electrons. The zero-order valence-electron chi connectivity index (χ0n) is 13.2. The molecule has 2 aromatic heterocycles. The second kappa shape index (κ2) is 5.98. The van der Waals surface area contributed by atoms with Crippen LogP contribution in [0.1, 0.15) is 17.1 Å². The molecule has 0 aliphatic carbocycles. The smallest absolute Gasteiger partial charge is 0.185 e. The molecular weight excluding hydrogens is 371 g/mol. The van der Waals surface area contributed by atoms with Gasteiger partial charge in [0.15, 0.2) is 15.5 Å². The van der Waals surface area contributed by atoms with Gasteiger partial charge in [0.05, 0.1) is 38.4 Å². The number of halogens is 2. The fourth-order valence-electron chi connectivity index (χ4n) is 2.51. The van der Waals surface area contributed by atoms with Crippen LogP contribution in [-0.2, 0) is 15.6 Å². The summed E-state index contributed by atoms with van der Waals surface area (Å²) in [7, 11) is -3.21. The number of hydrogen-bond donors (Lipinski definition) is 0. The van der Waals surface area contributed by atoms with E-state index >= 15 is 0 Å². The van der Waals surface area contributed by atoms with Crippen LogP contribution in [0.25, 0.3) is 16.8 Å².